The Morgan fingerprint density at radius 3 is 2.81 bits per heavy atom. The first-order valence-corrected chi connectivity index (χ1v) is 7.15. The monoisotopic (exact) mass is 293 g/mol. The van der Waals surface area contributed by atoms with Crippen molar-refractivity contribution >= 4 is 6.09 Å². The summed E-state index contributed by atoms with van der Waals surface area (Å²) >= 11 is 0. The molecule has 0 bridgehead atoms. The summed E-state index contributed by atoms with van der Waals surface area (Å²) in [5.41, 5.74) is 1.43. The Labute approximate surface area is 125 Å². The lowest BCUT2D eigenvalue weighted by molar-refractivity contribution is -0.0435. The lowest BCUT2D eigenvalue weighted by Crippen LogP contribution is -2.44. The Bertz CT molecular complexity index is 521. The maximum Gasteiger partial charge on any atom is 0.410 e. The molecule has 1 aliphatic heterocycles. The molecule has 1 aromatic rings. The number of carbonyl (C=O) groups is 1. The van der Waals surface area contributed by atoms with Gasteiger partial charge in [-0.1, -0.05) is 6.07 Å². The second-order valence-corrected chi connectivity index (χ2v) is 6.33. The minimum Gasteiger partial charge on any atom is -0.508 e. The minimum atomic E-state index is -0.508. The van der Waals surface area contributed by atoms with Crippen LogP contribution in [0.3, 0.4) is 0 Å². The number of rotatable bonds is 1. The van der Waals surface area contributed by atoms with Crippen LogP contribution < -0.4 is 0 Å². The van der Waals surface area contributed by atoms with Gasteiger partial charge in [-0.25, -0.2) is 4.79 Å². The highest BCUT2D eigenvalue weighted by Crippen LogP contribution is 2.28. The molecule has 1 fully saturated rings. The van der Waals surface area contributed by atoms with Crippen molar-refractivity contribution < 1.29 is 19.4 Å². The molecule has 0 aromatic heterocycles. The Kier molecular flexibility index (Phi) is 4.42. The molecule has 0 unspecified atom stereocenters. The number of amides is 1. The van der Waals surface area contributed by atoms with Gasteiger partial charge in [-0.15, -0.1) is 0 Å². The van der Waals surface area contributed by atoms with E-state index in [1.807, 2.05) is 33.8 Å². The lowest BCUT2D eigenvalue weighted by Gasteiger charge is -2.34. The van der Waals surface area contributed by atoms with Gasteiger partial charge in [-0.3, -0.25) is 0 Å². The molecule has 1 amide bonds. The number of nitrogens with zero attached hydrogens (tertiary/aromatic N) is 1. The van der Waals surface area contributed by atoms with Gasteiger partial charge in [0.2, 0.25) is 0 Å². The Balaban J connectivity index is 2.10. The first-order chi connectivity index (χ1) is 9.76. The molecule has 0 radical (unpaired) electrons. The summed E-state index contributed by atoms with van der Waals surface area (Å²) in [4.78, 5) is 13.8. The van der Waals surface area contributed by atoms with E-state index in [-0.39, 0.29) is 17.9 Å². The predicted octanol–water partition coefficient (Wildman–Crippen LogP) is 3.01. The van der Waals surface area contributed by atoms with E-state index in [1.54, 1.807) is 17.0 Å². The van der Waals surface area contributed by atoms with Crippen LogP contribution in [-0.2, 0) is 9.47 Å². The average molecular weight is 293 g/mol. The van der Waals surface area contributed by atoms with E-state index in [0.717, 1.165) is 11.1 Å². The van der Waals surface area contributed by atoms with Crippen molar-refractivity contribution in [3.8, 4) is 5.75 Å². The van der Waals surface area contributed by atoms with E-state index in [2.05, 4.69) is 0 Å². The highest BCUT2D eigenvalue weighted by molar-refractivity contribution is 5.68. The molecular weight excluding hydrogens is 270 g/mol. The summed E-state index contributed by atoms with van der Waals surface area (Å²) in [5, 5.41) is 9.64. The number of phenolic OH excluding ortho intramolecular Hbond substituents is 1. The Hall–Kier alpha value is -1.75. The summed E-state index contributed by atoms with van der Waals surface area (Å²) in [7, 11) is 0. The van der Waals surface area contributed by atoms with Gasteiger partial charge in [0.25, 0.3) is 0 Å². The van der Waals surface area contributed by atoms with Gasteiger partial charge < -0.3 is 19.5 Å². The first kappa shape index (κ1) is 15.6. The number of aromatic hydroxyl groups is 1. The highest BCUT2D eigenvalue weighted by Gasteiger charge is 2.29. The van der Waals surface area contributed by atoms with Crippen LogP contribution in [0.25, 0.3) is 0 Å². The van der Waals surface area contributed by atoms with Crippen LogP contribution >= 0.6 is 0 Å². The molecule has 5 heteroatoms. The summed E-state index contributed by atoms with van der Waals surface area (Å²) in [6, 6.07) is 5.19. The normalized spacial score (nSPS) is 19.4. The van der Waals surface area contributed by atoms with Crippen molar-refractivity contribution in [2.45, 2.75) is 39.4 Å². The minimum absolute atomic E-state index is 0.202. The molecule has 1 heterocycles. The van der Waals surface area contributed by atoms with Crippen LogP contribution in [0, 0.1) is 6.92 Å². The zero-order valence-corrected chi connectivity index (χ0v) is 13.0. The largest absolute Gasteiger partial charge is 0.508 e. The van der Waals surface area contributed by atoms with E-state index in [0.29, 0.717) is 19.7 Å². The van der Waals surface area contributed by atoms with Crippen molar-refractivity contribution in [1.29, 1.82) is 0 Å². The summed E-state index contributed by atoms with van der Waals surface area (Å²) < 4.78 is 11.1. The Morgan fingerprint density at radius 1 is 1.43 bits per heavy atom. The van der Waals surface area contributed by atoms with Gasteiger partial charge in [0.15, 0.2) is 0 Å². The summed E-state index contributed by atoms with van der Waals surface area (Å²) in [5.74, 6) is 0.202. The van der Waals surface area contributed by atoms with Crippen molar-refractivity contribution in [2.24, 2.45) is 0 Å². The standard InChI is InChI=1S/C16H23NO4/c1-11-5-6-12(18)9-13(11)14-10-17(7-8-20-14)15(19)21-16(2,3)4/h5-6,9,14,18H,7-8,10H2,1-4H3/t14-/m0/s1. The third-order valence-corrected chi connectivity index (χ3v) is 3.33. The van der Waals surface area contributed by atoms with Crippen LogP contribution in [0.4, 0.5) is 4.79 Å². The number of hydrogen-bond acceptors (Lipinski definition) is 4. The second kappa shape index (κ2) is 5.93. The van der Waals surface area contributed by atoms with Crippen LogP contribution in [-0.4, -0.2) is 41.4 Å². The van der Waals surface area contributed by atoms with Gasteiger partial charge in [-0.05, 0) is 51.0 Å². The van der Waals surface area contributed by atoms with E-state index in [9.17, 15) is 9.90 Å². The fraction of sp³-hybridized carbons (Fsp3) is 0.562. The SMILES string of the molecule is Cc1ccc(O)cc1[C@@H]1CN(C(=O)OC(C)(C)C)CCO1. The van der Waals surface area contributed by atoms with Gasteiger partial charge in [0.05, 0.1) is 13.2 Å². The molecule has 21 heavy (non-hydrogen) atoms. The average Bonchev–Trinajstić information content (AvgIpc) is 2.40. The van der Waals surface area contributed by atoms with Crippen molar-refractivity contribution in [3.05, 3.63) is 29.3 Å². The topological polar surface area (TPSA) is 59.0 Å². The number of carbonyl (C=O) groups excluding carboxylic acids is 1. The Morgan fingerprint density at radius 2 is 2.14 bits per heavy atom. The molecule has 116 valence electrons. The third-order valence-electron chi connectivity index (χ3n) is 3.33. The van der Waals surface area contributed by atoms with Gasteiger partial charge in [-0.2, -0.15) is 0 Å². The fourth-order valence-corrected chi connectivity index (χ4v) is 2.30. The summed E-state index contributed by atoms with van der Waals surface area (Å²) in [6.07, 6.45) is -0.563. The van der Waals surface area contributed by atoms with Gasteiger partial charge in [0.1, 0.15) is 17.5 Å². The third kappa shape index (κ3) is 4.11. The fourth-order valence-electron chi connectivity index (χ4n) is 2.30. The molecule has 1 saturated heterocycles. The number of benzene rings is 1. The zero-order chi connectivity index (χ0) is 15.6. The molecule has 1 N–H and O–H groups in total. The molecule has 5 nitrogen and oxygen atoms in total. The number of aryl methyl sites for hydroxylation is 1. The van der Waals surface area contributed by atoms with Crippen LogP contribution in [0.1, 0.15) is 38.0 Å². The van der Waals surface area contributed by atoms with E-state index in [1.165, 1.54) is 0 Å². The number of ether oxygens (including phenoxy) is 2. The van der Waals surface area contributed by atoms with Crippen LogP contribution in [0.2, 0.25) is 0 Å². The maximum absolute atomic E-state index is 12.1. The number of phenols is 1. The van der Waals surface area contributed by atoms with Crippen molar-refractivity contribution in [2.75, 3.05) is 19.7 Å². The number of morpholine rings is 1. The van der Waals surface area contributed by atoms with Gasteiger partial charge in [0, 0.05) is 6.54 Å². The molecule has 1 aromatic carbocycles. The molecule has 0 aliphatic carbocycles. The van der Waals surface area contributed by atoms with Crippen LogP contribution in [0.15, 0.2) is 18.2 Å². The van der Waals surface area contributed by atoms with Crippen molar-refractivity contribution in [3.63, 3.8) is 0 Å². The zero-order valence-electron chi connectivity index (χ0n) is 13.0. The smallest absolute Gasteiger partial charge is 0.410 e. The van der Waals surface area contributed by atoms with Gasteiger partial charge >= 0.3 is 6.09 Å². The van der Waals surface area contributed by atoms with Crippen molar-refractivity contribution in [1.82, 2.24) is 4.90 Å². The second-order valence-electron chi connectivity index (χ2n) is 6.33. The van der Waals surface area contributed by atoms with E-state index in [4.69, 9.17) is 9.47 Å². The summed E-state index contributed by atoms with van der Waals surface area (Å²) in [6.45, 7) is 8.92. The highest BCUT2D eigenvalue weighted by atomic mass is 16.6. The predicted molar refractivity (Wildman–Crippen MR) is 79.3 cm³/mol. The maximum atomic E-state index is 12.1. The molecule has 1 atom stereocenters. The van der Waals surface area contributed by atoms with Crippen LogP contribution in [0.5, 0.6) is 5.75 Å². The molecule has 2 rings (SSSR count). The lowest BCUT2D eigenvalue weighted by atomic mass is 10.0. The first-order valence-electron chi connectivity index (χ1n) is 7.15. The van der Waals surface area contributed by atoms with E-state index >= 15 is 0 Å². The number of hydrogen-bond donors (Lipinski definition) is 1. The quantitative estimate of drug-likeness (QED) is 0.864. The van der Waals surface area contributed by atoms with E-state index < -0.39 is 5.60 Å². The molecule has 0 spiro atoms. The molecule has 0 saturated carbocycles. The molecule has 1 aliphatic rings. The molecular formula is C16H23NO4.